The molecule has 0 aliphatic carbocycles. The number of carbonyl (C=O) groups excluding carboxylic acids is 2. The average molecular weight is 457 g/mol. The van der Waals surface area contributed by atoms with Crippen molar-refractivity contribution < 1.29 is 9.59 Å². The van der Waals surface area contributed by atoms with E-state index in [1.807, 2.05) is 12.1 Å². The lowest BCUT2D eigenvalue weighted by Gasteiger charge is -2.05. The van der Waals surface area contributed by atoms with Gasteiger partial charge in [-0.2, -0.15) is 5.10 Å². The monoisotopic (exact) mass is 455 g/mol. The number of hydrogen-bond donors (Lipinski definition) is 2. The molecular formula is C18H16BrCl2N3O2. The van der Waals surface area contributed by atoms with Crippen LogP contribution in [0.15, 0.2) is 52.0 Å². The zero-order chi connectivity index (χ0) is 18.9. The molecule has 0 bridgehead atoms. The van der Waals surface area contributed by atoms with Gasteiger partial charge in [-0.3, -0.25) is 9.59 Å². The molecule has 0 aromatic heterocycles. The molecule has 2 aromatic carbocycles. The second kappa shape index (κ2) is 10.3. The largest absolute Gasteiger partial charge is 0.326 e. The first-order chi connectivity index (χ1) is 12.4. The Bertz CT molecular complexity index is 811. The fourth-order valence-electron chi connectivity index (χ4n) is 2.00. The first-order valence-corrected chi connectivity index (χ1v) is 9.31. The van der Waals surface area contributed by atoms with Gasteiger partial charge >= 0.3 is 0 Å². The molecule has 2 aromatic rings. The van der Waals surface area contributed by atoms with Gasteiger partial charge in [0.05, 0.1) is 11.2 Å². The number of anilines is 1. The fourth-order valence-corrected chi connectivity index (χ4v) is 2.72. The first kappa shape index (κ1) is 20.4. The molecule has 2 rings (SSSR count). The summed E-state index contributed by atoms with van der Waals surface area (Å²) in [7, 11) is 0. The number of carbonyl (C=O) groups is 2. The fraction of sp³-hybridized carbons (Fsp3) is 0.167. The van der Waals surface area contributed by atoms with Gasteiger partial charge in [-0.1, -0.05) is 45.2 Å². The van der Waals surface area contributed by atoms with Crippen LogP contribution in [0.2, 0.25) is 10.0 Å². The number of amides is 2. The Balaban J connectivity index is 1.69. The van der Waals surface area contributed by atoms with Gasteiger partial charge in [0, 0.05) is 33.6 Å². The lowest BCUT2D eigenvalue weighted by molar-refractivity contribution is -0.121. The second-order valence-electron chi connectivity index (χ2n) is 5.37. The van der Waals surface area contributed by atoms with Gasteiger partial charge in [-0.05, 0) is 42.8 Å². The highest BCUT2D eigenvalue weighted by Crippen LogP contribution is 2.19. The van der Waals surface area contributed by atoms with E-state index in [9.17, 15) is 9.59 Å². The Morgan fingerprint density at radius 3 is 2.42 bits per heavy atom. The van der Waals surface area contributed by atoms with Gasteiger partial charge in [-0.15, -0.1) is 0 Å². The van der Waals surface area contributed by atoms with E-state index in [0.717, 1.165) is 4.47 Å². The second-order valence-corrected chi connectivity index (χ2v) is 7.13. The van der Waals surface area contributed by atoms with E-state index in [0.29, 0.717) is 27.7 Å². The van der Waals surface area contributed by atoms with Crippen molar-refractivity contribution in [2.24, 2.45) is 5.10 Å². The highest BCUT2D eigenvalue weighted by atomic mass is 79.9. The molecule has 0 fully saturated rings. The third kappa shape index (κ3) is 7.15. The van der Waals surface area contributed by atoms with E-state index in [-0.39, 0.29) is 24.7 Å². The highest BCUT2D eigenvalue weighted by Gasteiger charge is 2.05. The highest BCUT2D eigenvalue weighted by molar-refractivity contribution is 9.10. The van der Waals surface area contributed by atoms with Crippen molar-refractivity contribution >= 4 is 62.8 Å². The average Bonchev–Trinajstić information content (AvgIpc) is 2.59. The molecule has 0 unspecified atom stereocenters. The van der Waals surface area contributed by atoms with Gasteiger partial charge < -0.3 is 5.32 Å². The maximum absolute atomic E-state index is 11.8. The van der Waals surface area contributed by atoms with Crippen LogP contribution in [0.4, 0.5) is 5.69 Å². The van der Waals surface area contributed by atoms with Crippen LogP contribution in [-0.2, 0) is 9.59 Å². The predicted molar refractivity (Wildman–Crippen MR) is 109 cm³/mol. The summed E-state index contributed by atoms with van der Waals surface area (Å²) in [5, 5.41) is 7.59. The Morgan fingerprint density at radius 2 is 1.73 bits per heavy atom. The number of halogens is 3. The molecule has 8 heteroatoms. The van der Waals surface area contributed by atoms with Gasteiger partial charge in [0.25, 0.3) is 0 Å². The molecule has 136 valence electrons. The molecule has 0 atom stereocenters. The van der Waals surface area contributed by atoms with Gasteiger partial charge in [-0.25, -0.2) is 5.43 Å². The minimum atomic E-state index is -0.275. The van der Waals surface area contributed by atoms with Crippen LogP contribution in [0, 0.1) is 0 Å². The lowest BCUT2D eigenvalue weighted by atomic mass is 10.2. The Kier molecular flexibility index (Phi) is 8.09. The Labute approximate surface area is 169 Å². The van der Waals surface area contributed by atoms with Crippen LogP contribution in [0.25, 0.3) is 0 Å². The van der Waals surface area contributed by atoms with Crippen LogP contribution in [0.5, 0.6) is 0 Å². The van der Waals surface area contributed by atoms with Crippen molar-refractivity contribution in [1.29, 1.82) is 0 Å². The van der Waals surface area contributed by atoms with Crippen molar-refractivity contribution in [3.8, 4) is 0 Å². The molecule has 0 radical (unpaired) electrons. The van der Waals surface area contributed by atoms with Crippen LogP contribution < -0.4 is 10.7 Å². The summed E-state index contributed by atoms with van der Waals surface area (Å²) in [6.07, 6.45) is 2.30. The maximum Gasteiger partial charge on any atom is 0.240 e. The van der Waals surface area contributed by atoms with Crippen LogP contribution in [0.3, 0.4) is 0 Å². The number of hydrogen-bond acceptors (Lipinski definition) is 3. The van der Waals surface area contributed by atoms with Crippen molar-refractivity contribution in [2.75, 3.05) is 5.32 Å². The smallest absolute Gasteiger partial charge is 0.240 e. The summed E-state index contributed by atoms with van der Waals surface area (Å²) < 4.78 is 0.938. The van der Waals surface area contributed by atoms with Gasteiger partial charge in [0.2, 0.25) is 11.8 Å². The van der Waals surface area contributed by atoms with Crippen molar-refractivity contribution in [1.82, 2.24) is 5.43 Å². The summed E-state index contributed by atoms with van der Waals surface area (Å²) in [6, 6.07) is 12.3. The van der Waals surface area contributed by atoms with Crippen LogP contribution >= 0.6 is 39.1 Å². The molecule has 0 aliphatic rings. The molecular weight excluding hydrogens is 441 g/mol. The zero-order valence-corrected chi connectivity index (χ0v) is 16.7. The summed E-state index contributed by atoms with van der Waals surface area (Å²) in [4.78, 5) is 23.6. The van der Waals surface area contributed by atoms with Crippen molar-refractivity contribution in [3.63, 3.8) is 0 Å². The number of nitrogens with one attached hydrogen (secondary N) is 2. The van der Waals surface area contributed by atoms with Gasteiger partial charge in [0.15, 0.2) is 0 Å². The number of rotatable bonds is 7. The number of hydrazone groups is 1. The standard InChI is InChI=1S/C18H16BrCl2N3O2/c19-13-5-8-15(9-6-13)23-17(25)2-1-3-18(26)24-22-11-12-4-7-14(20)10-16(12)21/h4-11H,1-3H2,(H,23,25)(H,24,26)/b22-11-. The molecule has 2 amide bonds. The van der Waals surface area contributed by atoms with Gasteiger partial charge in [0.1, 0.15) is 0 Å². The third-order valence-electron chi connectivity index (χ3n) is 3.29. The molecule has 0 aliphatic heterocycles. The lowest BCUT2D eigenvalue weighted by Crippen LogP contribution is -2.18. The minimum Gasteiger partial charge on any atom is -0.326 e. The molecule has 0 heterocycles. The van der Waals surface area contributed by atoms with E-state index in [1.165, 1.54) is 6.21 Å². The van der Waals surface area contributed by atoms with E-state index < -0.39 is 0 Å². The van der Waals surface area contributed by atoms with E-state index in [4.69, 9.17) is 23.2 Å². The summed E-state index contributed by atoms with van der Waals surface area (Å²) >= 11 is 15.1. The summed E-state index contributed by atoms with van der Waals surface area (Å²) in [5.41, 5.74) is 3.76. The van der Waals surface area contributed by atoms with Crippen LogP contribution in [0.1, 0.15) is 24.8 Å². The third-order valence-corrected chi connectivity index (χ3v) is 4.38. The number of benzene rings is 2. The normalized spacial score (nSPS) is 10.7. The van der Waals surface area contributed by atoms with Crippen LogP contribution in [-0.4, -0.2) is 18.0 Å². The molecule has 26 heavy (non-hydrogen) atoms. The Morgan fingerprint density at radius 1 is 1.04 bits per heavy atom. The molecule has 2 N–H and O–H groups in total. The molecule has 0 spiro atoms. The van der Waals surface area contributed by atoms with E-state index in [1.54, 1.807) is 30.3 Å². The summed E-state index contributed by atoms with van der Waals surface area (Å²) in [6.45, 7) is 0. The molecule has 0 saturated carbocycles. The van der Waals surface area contributed by atoms with E-state index >= 15 is 0 Å². The zero-order valence-electron chi connectivity index (χ0n) is 13.6. The Hall–Kier alpha value is -1.89. The maximum atomic E-state index is 11.8. The summed E-state index contributed by atoms with van der Waals surface area (Å²) in [5.74, 6) is -0.417. The van der Waals surface area contributed by atoms with Crippen molar-refractivity contribution in [3.05, 3.63) is 62.5 Å². The minimum absolute atomic E-state index is 0.142. The van der Waals surface area contributed by atoms with E-state index in [2.05, 4.69) is 31.8 Å². The molecule has 0 saturated heterocycles. The number of nitrogens with zero attached hydrogens (tertiary/aromatic N) is 1. The molecule has 5 nitrogen and oxygen atoms in total. The van der Waals surface area contributed by atoms with Crippen molar-refractivity contribution in [2.45, 2.75) is 19.3 Å². The first-order valence-electron chi connectivity index (χ1n) is 7.76. The quantitative estimate of drug-likeness (QED) is 0.453. The SMILES string of the molecule is O=C(CCCC(=O)Nc1ccc(Br)cc1)N/N=C\c1ccc(Cl)cc1Cl. The topological polar surface area (TPSA) is 70.6 Å². The predicted octanol–water partition coefficient (Wildman–Crippen LogP) is 5.02.